The van der Waals surface area contributed by atoms with Crippen molar-refractivity contribution in [3.05, 3.63) is 75.8 Å². The number of nitrogens with zero attached hydrogens (tertiary/aromatic N) is 4. The van der Waals surface area contributed by atoms with Crippen LogP contribution in [0.5, 0.6) is 0 Å². The molecule has 3 aromatic rings. The molecule has 0 N–H and O–H groups in total. The number of fused-ring (bicyclic) bond motifs is 3. The van der Waals surface area contributed by atoms with E-state index in [-0.39, 0.29) is 6.04 Å². The number of carbonyl (C=O) groups excluding carboxylic acids is 1. The van der Waals surface area contributed by atoms with E-state index in [1.54, 1.807) is 18.3 Å². The molecule has 0 spiro atoms. The smallest absolute Gasteiger partial charge is 0.252 e. The number of rotatable bonds is 2. The fourth-order valence-corrected chi connectivity index (χ4v) is 3.38. The summed E-state index contributed by atoms with van der Waals surface area (Å²) in [6, 6.07) is 12.4. The van der Waals surface area contributed by atoms with Crippen LogP contribution in [-0.4, -0.2) is 26.2 Å². The lowest BCUT2D eigenvalue weighted by Crippen LogP contribution is -2.07. The summed E-state index contributed by atoms with van der Waals surface area (Å²) in [6.07, 6.45) is 1.68. The Bertz CT molecular complexity index is 1030. The Morgan fingerprint density at radius 1 is 1.12 bits per heavy atom. The van der Waals surface area contributed by atoms with Gasteiger partial charge in [0.1, 0.15) is 11.9 Å². The molecule has 25 heavy (non-hydrogen) atoms. The number of hydrogen-bond acceptors (Lipinski definition) is 4. The molecular weight excluding hydrogens is 359 g/mol. The number of carbonyl (C=O) groups is 1. The number of halogens is 2. The lowest BCUT2D eigenvalue weighted by molar-refractivity contribution is 0.108. The predicted octanol–water partition coefficient (Wildman–Crippen LogP) is 4.13. The van der Waals surface area contributed by atoms with Gasteiger partial charge in [0, 0.05) is 16.1 Å². The second-order valence-corrected chi connectivity index (χ2v) is 6.44. The van der Waals surface area contributed by atoms with Crippen molar-refractivity contribution >= 4 is 34.7 Å². The highest BCUT2D eigenvalue weighted by Gasteiger charge is 2.25. The molecule has 1 aliphatic rings. The number of benzene rings is 2. The highest BCUT2D eigenvalue weighted by Crippen LogP contribution is 2.37. The van der Waals surface area contributed by atoms with Crippen LogP contribution < -0.4 is 0 Å². The van der Waals surface area contributed by atoms with Gasteiger partial charge in [0.05, 0.1) is 11.9 Å². The normalized spacial score (nSPS) is 15.4. The van der Waals surface area contributed by atoms with Gasteiger partial charge in [-0.05, 0) is 48.4 Å². The molecule has 1 unspecified atom stereocenters. The largest absolute Gasteiger partial charge is 0.278 e. The zero-order valence-corrected chi connectivity index (χ0v) is 14.7. The summed E-state index contributed by atoms with van der Waals surface area (Å²) in [4.78, 5) is 16.3. The van der Waals surface area contributed by atoms with Gasteiger partial charge >= 0.3 is 0 Å². The quantitative estimate of drug-likeness (QED) is 0.637. The molecule has 0 bridgehead atoms. The van der Waals surface area contributed by atoms with Crippen molar-refractivity contribution in [3.8, 4) is 5.69 Å². The average molecular weight is 371 g/mol. The maximum absolute atomic E-state index is 11.7. The highest BCUT2D eigenvalue weighted by molar-refractivity contribution is 6.67. The van der Waals surface area contributed by atoms with Crippen molar-refractivity contribution in [2.75, 3.05) is 0 Å². The first-order chi connectivity index (χ1) is 12.1. The van der Waals surface area contributed by atoms with E-state index in [9.17, 15) is 4.79 Å². The first kappa shape index (κ1) is 16.0. The van der Waals surface area contributed by atoms with Gasteiger partial charge in [-0.15, -0.1) is 10.2 Å². The van der Waals surface area contributed by atoms with Gasteiger partial charge in [-0.25, -0.2) is 0 Å². The van der Waals surface area contributed by atoms with E-state index in [4.69, 9.17) is 23.2 Å². The molecule has 4 rings (SSSR count). The van der Waals surface area contributed by atoms with Crippen molar-refractivity contribution in [2.45, 2.75) is 13.0 Å². The Labute approximate surface area is 153 Å². The minimum absolute atomic E-state index is 0.374. The molecule has 0 radical (unpaired) electrons. The van der Waals surface area contributed by atoms with Crippen LogP contribution in [0.4, 0.5) is 0 Å². The van der Waals surface area contributed by atoms with Crippen molar-refractivity contribution < 1.29 is 4.79 Å². The summed E-state index contributed by atoms with van der Waals surface area (Å²) in [5.74, 6) is 1.35. The molecular formula is C18H12Cl2N4O. The zero-order valence-electron chi connectivity index (χ0n) is 13.1. The van der Waals surface area contributed by atoms with E-state index in [1.165, 1.54) is 0 Å². The fraction of sp³-hybridized carbons (Fsp3) is 0.111. The van der Waals surface area contributed by atoms with Crippen LogP contribution in [0.2, 0.25) is 5.02 Å². The summed E-state index contributed by atoms with van der Waals surface area (Å²) in [6.45, 7) is 1.87. The first-order valence-electron chi connectivity index (χ1n) is 7.60. The van der Waals surface area contributed by atoms with Crippen LogP contribution in [-0.2, 0) is 0 Å². The van der Waals surface area contributed by atoms with E-state index in [2.05, 4.69) is 15.2 Å². The number of aryl methyl sites for hydroxylation is 1. The van der Waals surface area contributed by atoms with Crippen LogP contribution in [0.25, 0.3) is 5.69 Å². The Kier molecular flexibility index (Phi) is 3.90. The molecule has 0 saturated heterocycles. The van der Waals surface area contributed by atoms with E-state index in [1.807, 2.05) is 41.8 Å². The second-order valence-electron chi connectivity index (χ2n) is 5.69. The first-order valence-corrected chi connectivity index (χ1v) is 8.35. The van der Waals surface area contributed by atoms with Crippen LogP contribution in [0.1, 0.15) is 39.2 Å². The molecule has 7 heteroatoms. The third kappa shape index (κ3) is 2.65. The van der Waals surface area contributed by atoms with Gasteiger partial charge in [-0.3, -0.25) is 14.4 Å². The summed E-state index contributed by atoms with van der Waals surface area (Å²) in [5.41, 5.74) is 2.91. The maximum Gasteiger partial charge on any atom is 0.252 e. The van der Waals surface area contributed by atoms with Crippen molar-refractivity contribution in [3.63, 3.8) is 0 Å². The summed E-state index contributed by atoms with van der Waals surface area (Å²) >= 11 is 12.1. The number of aromatic nitrogens is 3. The summed E-state index contributed by atoms with van der Waals surface area (Å²) in [7, 11) is 0. The molecule has 0 fully saturated rings. The third-order valence-corrected chi connectivity index (χ3v) is 4.74. The topological polar surface area (TPSA) is 60.1 Å². The molecule has 0 saturated carbocycles. The average Bonchev–Trinajstić information content (AvgIpc) is 2.88. The molecule has 1 aromatic heterocycles. The summed E-state index contributed by atoms with van der Waals surface area (Å²) < 4.78 is 1.90. The van der Waals surface area contributed by atoms with Gasteiger partial charge in [0.25, 0.3) is 5.24 Å². The Morgan fingerprint density at radius 3 is 2.68 bits per heavy atom. The number of hydrogen-bond donors (Lipinski definition) is 0. The predicted molar refractivity (Wildman–Crippen MR) is 97.2 cm³/mol. The SMILES string of the molecule is Cc1nnc2n1-c1ccc(C(=O)Cl)cc1C(c1ccccc1Cl)N=C2. The van der Waals surface area contributed by atoms with Gasteiger partial charge < -0.3 is 0 Å². The van der Waals surface area contributed by atoms with Crippen LogP contribution in [0.15, 0.2) is 47.5 Å². The van der Waals surface area contributed by atoms with Crippen LogP contribution in [0.3, 0.4) is 0 Å². The molecule has 124 valence electrons. The van der Waals surface area contributed by atoms with E-state index < -0.39 is 5.24 Å². The zero-order chi connectivity index (χ0) is 17.6. The van der Waals surface area contributed by atoms with Gasteiger partial charge in [0.15, 0.2) is 5.82 Å². The van der Waals surface area contributed by atoms with Gasteiger partial charge in [0.2, 0.25) is 0 Å². The van der Waals surface area contributed by atoms with E-state index >= 15 is 0 Å². The van der Waals surface area contributed by atoms with Crippen molar-refractivity contribution in [1.29, 1.82) is 0 Å². The molecule has 1 aliphatic heterocycles. The standard InChI is InChI=1S/C18H12Cl2N4O/c1-10-22-23-16-9-21-17(12-4-2-3-5-14(12)19)13-8-11(18(20)25)6-7-15(13)24(10)16/h2-9,17H,1H3. The maximum atomic E-state index is 11.7. The van der Waals surface area contributed by atoms with Gasteiger partial charge in [-0.2, -0.15) is 0 Å². The fourth-order valence-electron chi connectivity index (χ4n) is 3.03. The summed E-state index contributed by atoms with van der Waals surface area (Å²) in [5, 5.41) is 8.36. The van der Waals surface area contributed by atoms with Crippen molar-refractivity contribution in [1.82, 2.24) is 14.8 Å². The van der Waals surface area contributed by atoms with Gasteiger partial charge in [-0.1, -0.05) is 29.8 Å². The minimum atomic E-state index is -0.519. The minimum Gasteiger partial charge on any atom is -0.278 e. The van der Waals surface area contributed by atoms with E-state index in [0.717, 1.165) is 22.6 Å². The van der Waals surface area contributed by atoms with E-state index in [0.29, 0.717) is 16.4 Å². The molecule has 2 aromatic carbocycles. The molecule has 0 amide bonds. The monoisotopic (exact) mass is 370 g/mol. The lowest BCUT2D eigenvalue weighted by Gasteiger charge is -2.18. The lowest BCUT2D eigenvalue weighted by atomic mass is 9.96. The second kappa shape index (κ2) is 6.10. The molecule has 0 aliphatic carbocycles. The third-order valence-electron chi connectivity index (χ3n) is 4.18. The molecule has 1 atom stereocenters. The molecule has 2 heterocycles. The highest BCUT2D eigenvalue weighted by atomic mass is 35.5. The Hall–Kier alpha value is -2.50. The molecule has 5 nitrogen and oxygen atoms in total. The number of aliphatic imine (C=N–C) groups is 1. The Morgan fingerprint density at radius 2 is 1.92 bits per heavy atom. The van der Waals surface area contributed by atoms with Crippen molar-refractivity contribution in [2.24, 2.45) is 4.99 Å². The van der Waals surface area contributed by atoms with Crippen LogP contribution >= 0.6 is 23.2 Å². The van der Waals surface area contributed by atoms with Crippen LogP contribution in [0, 0.1) is 6.92 Å². The Balaban J connectivity index is 2.02.